The van der Waals surface area contributed by atoms with Crippen LogP contribution in [0.1, 0.15) is 36.5 Å². The molecule has 1 unspecified atom stereocenters. The van der Waals surface area contributed by atoms with Crippen LogP contribution in [0.4, 0.5) is 4.39 Å². The molecule has 1 N–H and O–H groups in total. The predicted octanol–water partition coefficient (Wildman–Crippen LogP) is 3.02. The number of hydrogen-bond acceptors (Lipinski definition) is 2. The zero-order chi connectivity index (χ0) is 13.8. The largest absolute Gasteiger partial charge is 0.313 e. The van der Waals surface area contributed by atoms with Gasteiger partial charge in [-0.05, 0) is 49.9 Å². The zero-order valence-electron chi connectivity index (χ0n) is 12.3. The van der Waals surface area contributed by atoms with Crippen molar-refractivity contribution in [3.05, 3.63) is 34.6 Å². The second kappa shape index (κ2) is 6.49. The van der Waals surface area contributed by atoms with Crippen molar-refractivity contribution in [1.29, 1.82) is 0 Å². The summed E-state index contributed by atoms with van der Waals surface area (Å²) in [4.78, 5) is 2.46. The average molecular weight is 264 g/mol. The van der Waals surface area contributed by atoms with E-state index in [0.29, 0.717) is 6.04 Å². The molecule has 19 heavy (non-hydrogen) atoms. The Morgan fingerprint density at radius 1 is 1.32 bits per heavy atom. The van der Waals surface area contributed by atoms with Crippen molar-refractivity contribution in [3.63, 3.8) is 0 Å². The zero-order valence-corrected chi connectivity index (χ0v) is 12.3. The molecule has 0 saturated carbocycles. The minimum atomic E-state index is -0.0624. The van der Waals surface area contributed by atoms with Gasteiger partial charge in [-0.25, -0.2) is 4.39 Å². The molecule has 0 radical (unpaired) electrons. The van der Waals surface area contributed by atoms with Crippen LogP contribution in [0.25, 0.3) is 0 Å². The molecule has 2 nitrogen and oxygen atoms in total. The Morgan fingerprint density at radius 3 is 2.63 bits per heavy atom. The van der Waals surface area contributed by atoms with Crippen LogP contribution in [-0.2, 0) is 6.54 Å². The van der Waals surface area contributed by atoms with Crippen molar-refractivity contribution >= 4 is 0 Å². The van der Waals surface area contributed by atoms with Crippen LogP contribution in [0.3, 0.4) is 0 Å². The van der Waals surface area contributed by atoms with E-state index in [0.717, 1.165) is 37.3 Å². The Labute approximate surface area is 116 Å². The summed E-state index contributed by atoms with van der Waals surface area (Å²) in [7, 11) is 0. The third-order valence-electron chi connectivity index (χ3n) is 3.86. The molecular weight excluding hydrogens is 239 g/mol. The molecule has 1 atom stereocenters. The van der Waals surface area contributed by atoms with E-state index < -0.39 is 0 Å². The highest BCUT2D eigenvalue weighted by molar-refractivity contribution is 5.30. The first-order valence-electron chi connectivity index (χ1n) is 7.31. The van der Waals surface area contributed by atoms with Crippen LogP contribution in [0.5, 0.6) is 0 Å². The Balaban J connectivity index is 1.92. The van der Waals surface area contributed by atoms with Crippen LogP contribution in [0, 0.1) is 19.7 Å². The summed E-state index contributed by atoms with van der Waals surface area (Å²) >= 11 is 0. The summed E-state index contributed by atoms with van der Waals surface area (Å²) in [6, 6.07) is 4.59. The molecule has 0 amide bonds. The van der Waals surface area contributed by atoms with E-state index in [1.54, 1.807) is 0 Å². The maximum Gasteiger partial charge on any atom is 0.129 e. The van der Waals surface area contributed by atoms with Crippen molar-refractivity contribution in [2.24, 2.45) is 0 Å². The maximum atomic E-state index is 13.6. The molecule has 2 rings (SSSR count). The number of hydrogen-bond donors (Lipinski definition) is 1. The van der Waals surface area contributed by atoms with Crippen LogP contribution < -0.4 is 5.32 Å². The van der Waals surface area contributed by atoms with Crippen molar-refractivity contribution in [1.82, 2.24) is 10.2 Å². The van der Waals surface area contributed by atoms with Gasteiger partial charge in [-0.1, -0.05) is 19.1 Å². The van der Waals surface area contributed by atoms with Gasteiger partial charge in [-0.2, -0.15) is 0 Å². The topological polar surface area (TPSA) is 15.3 Å². The fraction of sp³-hybridized carbons (Fsp3) is 0.625. The van der Waals surface area contributed by atoms with Crippen molar-refractivity contribution in [2.75, 3.05) is 19.6 Å². The minimum Gasteiger partial charge on any atom is -0.313 e. The highest BCUT2D eigenvalue weighted by Crippen LogP contribution is 2.18. The van der Waals surface area contributed by atoms with Gasteiger partial charge in [0.15, 0.2) is 0 Å². The van der Waals surface area contributed by atoms with Crippen molar-refractivity contribution in [3.8, 4) is 0 Å². The maximum absolute atomic E-state index is 13.6. The van der Waals surface area contributed by atoms with Crippen molar-refractivity contribution in [2.45, 2.75) is 46.2 Å². The fourth-order valence-corrected chi connectivity index (χ4v) is 2.88. The van der Waals surface area contributed by atoms with E-state index in [9.17, 15) is 4.39 Å². The molecular formula is C16H25FN2. The smallest absolute Gasteiger partial charge is 0.129 e. The Kier molecular flexibility index (Phi) is 4.94. The van der Waals surface area contributed by atoms with E-state index in [-0.39, 0.29) is 5.82 Å². The van der Waals surface area contributed by atoms with Crippen LogP contribution in [-0.4, -0.2) is 30.6 Å². The van der Waals surface area contributed by atoms with Gasteiger partial charge in [0.25, 0.3) is 0 Å². The lowest BCUT2D eigenvalue weighted by molar-refractivity contribution is 0.320. The van der Waals surface area contributed by atoms with Gasteiger partial charge in [0.1, 0.15) is 5.82 Å². The highest BCUT2D eigenvalue weighted by Gasteiger charge is 2.21. The van der Waals surface area contributed by atoms with E-state index in [1.807, 2.05) is 26.0 Å². The summed E-state index contributed by atoms with van der Waals surface area (Å²) in [5.41, 5.74) is 2.75. The lowest BCUT2D eigenvalue weighted by Gasteiger charge is -2.17. The van der Waals surface area contributed by atoms with Crippen LogP contribution >= 0.6 is 0 Å². The number of halogens is 1. The SMILES string of the molecule is CCCNC1CCN(Cc2cc(C)c(F)c(C)c2)C1. The van der Waals surface area contributed by atoms with E-state index in [4.69, 9.17) is 0 Å². The minimum absolute atomic E-state index is 0.0624. The third-order valence-corrected chi connectivity index (χ3v) is 3.86. The van der Waals surface area contributed by atoms with Gasteiger partial charge >= 0.3 is 0 Å². The average Bonchev–Trinajstić information content (AvgIpc) is 2.81. The summed E-state index contributed by atoms with van der Waals surface area (Å²) in [6.07, 6.45) is 2.41. The monoisotopic (exact) mass is 264 g/mol. The summed E-state index contributed by atoms with van der Waals surface area (Å²) in [5, 5.41) is 3.58. The Morgan fingerprint density at radius 2 is 2.00 bits per heavy atom. The van der Waals surface area contributed by atoms with Gasteiger partial charge in [0.2, 0.25) is 0 Å². The second-order valence-electron chi connectivity index (χ2n) is 5.72. The summed E-state index contributed by atoms with van der Waals surface area (Å²) in [5.74, 6) is -0.0624. The molecule has 1 heterocycles. The molecule has 0 aromatic heterocycles. The molecule has 0 spiro atoms. The van der Waals surface area contributed by atoms with E-state index >= 15 is 0 Å². The Hall–Kier alpha value is -0.930. The van der Waals surface area contributed by atoms with E-state index in [1.165, 1.54) is 18.4 Å². The molecule has 1 aromatic rings. The molecule has 3 heteroatoms. The quantitative estimate of drug-likeness (QED) is 0.879. The van der Waals surface area contributed by atoms with Gasteiger partial charge in [0.05, 0.1) is 0 Å². The van der Waals surface area contributed by atoms with Gasteiger partial charge < -0.3 is 5.32 Å². The molecule has 106 valence electrons. The molecule has 0 aliphatic carbocycles. The summed E-state index contributed by atoms with van der Waals surface area (Å²) in [6.45, 7) is 10.2. The Bertz CT molecular complexity index is 408. The van der Waals surface area contributed by atoms with Crippen LogP contribution in [0.15, 0.2) is 12.1 Å². The second-order valence-corrected chi connectivity index (χ2v) is 5.72. The molecule has 1 aromatic carbocycles. The normalized spacial score (nSPS) is 20.1. The number of nitrogens with zero attached hydrogens (tertiary/aromatic N) is 1. The van der Waals surface area contributed by atoms with Gasteiger partial charge in [-0.15, -0.1) is 0 Å². The molecule has 0 bridgehead atoms. The first-order valence-corrected chi connectivity index (χ1v) is 7.31. The number of benzene rings is 1. The fourth-order valence-electron chi connectivity index (χ4n) is 2.88. The standard InChI is InChI=1S/C16H25FN2/c1-4-6-18-15-5-7-19(11-15)10-14-8-12(2)16(17)13(3)9-14/h8-9,15,18H,4-7,10-11H2,1-3H3. The molecule has 1 saturated heterocycles. The first-order chi connectivity index (χ1) is 9.10. The lowest BCUT2D eigenvalue weighted by atomic mass is 10.1. The van der Waals surface area contributed by atoms with Gasteiger partial charge in [0, 0.05) is 25.7 Å². The number of nitrogens with one attached hydrogen (secondary N) is 1. The number of aryl methyl sites for hydroxylation is 2. The first kappa shape index (κ1) is 14.5. The highest BCUT2D eigenvalue weighted by atomic mass is 19.1. The number of likely N-dealkylation sites (tertiary alicyclic amines) is 1. The third kappa shape index (κ3) is 3.77. The molecule has 1 aliphatic heterocycles. The predicted molar refractivity (Wildman–Crippen MR) is 77.8 cm³/mol. The van der Waals surface area contributed by atoms with E-state index in [2.05, 4.69) is 17.1 Å². The lowest BCUT2D eigenvalue weighted by Crippen LogP contribution is -2.32. The van der Waals surface area contributed by atoms with Crippen LogP contribution in [0.2, 0.25) is 0 Å². The molecule has 1 fully saturated rings. The van der Waals surface area contributed by atoms with Crippen molar-refractivity contribution < 1.29 is 4.39 Å². The molecule has 1 aliphatic rings. The summed E-state index contributed by atoms with van der Waals surface area (Å²) < 4.78 is 13.6. The van der Waals surface area contributed by atoms with Gasteiger partial charge in [-0.3, -0.25) is 4.90 Å². The number of rotatable bonds is 5.